The highest BCUT2D eigenvalue weighted by molar-refractivity contribution is 8.02. The van der Waals surface area contributed by atoms with Gasteiger partial charge < -0.3 is 5.11 Å². The molecule has 0 saturated heterocycles. The fraction of sp³-hybridized carbons (Fsp3) is 0.714. The van der Waals surface area contributed by atoms with Crippen molar-refractivity contribution in [3.8, 4) is 0 Å². The molecule has 1 nitrogen and oxygen atoms in total. The van der Waals surface area contributed by atoms with Gasteiger partial charge in [-0.2, -0.15) is 0 Å². The molecule has 9 heavy (non-hydrogen) atoms. The highest BCUT2D eigenvalue weighted by Gasteiger charge is 1.92. The molecule has 1 atom stereocenters. The summed E-state index contributed by atoms with van der Waals surface area (Å²) in [6.45, 7) is 4.49. The highest BCUT2D eigenvalue weighted by atomic mass is 32.2. The van der Waals surface area contributed by atoms with Gasteiger partial charge in [0.25, 0.3) is 0 Å². The number of thioether (sulfide) groups is 1. The van der Waals surface area contributed by atoms with Crippen LogP contribution in [0.2, 0.25) is 0 Å². The molecule has 0 heterocycles. The van der Waals surface area contributed by atoms with E-state index in [0.29, 0.717) is 5.25 Å². The average molecular weight is 146 g/mol. The predicted molar refractivity (Wildman–Crippen MR) is 43.6 cm³/mol. The third-order valence-electron chi connectivity index (χ3n) is 1.09. The third-order valence-corrected chi connectivity index (χ3v) is 2.23. The van der Waals surface area contributed by atoms with Crippen LogP contribution in [0, 0.1) is 0 Å². The van der Waals surface area contributed by atoms with Crippen molar-refractivity contribution < 1.29 is 5.11 Å². The summed E-state index contributed by atoms with van der Waals surface area (Å²) in [6, 6.07) is 0. The Bertz CT molecular complexity index is 81.0. The molecule has 0 radical (unpaired) electrons. The van der Waals surface area contributed by atoms with Crippen molar-refractivity contribution in [3.05, 3.63) is 11.5 Å². The van der Waals surface area contributed by atoms with Gasteiger partial charge >= 0.3 is 0 Å². The summed E-state index contributed by atoms with van der Waals surface area (Å²) in [7, 11) is 0. The highest BCUT2D eigenvalue weighted by Crippen LogP contribution is 2.13. The summed E-state index contributed by atoms with van der Waals surface area (Å²) < 4.78 is 0. The Morgan fingerprint density at radius 1 is 1.67 bits per heavy atom. The average Bonchev–Trinajstić information content (AvgIpc) is 1.89. The Balaban J connectivity index is 3.15. The maximum atomic E-state index is 8.35. The Hall–Kier alpha value is 0.0500. The minimum absolute atomic E-state index is 0.156. The van der Waals surface area contributed by atoms with Gasteiger partial charge in [0.15, 0.2) is 0 Å². The zero-order chi connectivity index (χ0) is 7.11. The smallest absolute Gasteiger partial charge is 0.0620 e. The first-order valence-corrected chi connectivity index (χ1v) is 4.16. The van der Waals surface area contributed by atoms with Crippen LogP contribution in [0.4, 0.5) is 0 Å². The van der Waals surface area contributed by atoms with E-state index in [0.717, 1.165) is 0 Å². The Morgan fingerprint density at radius 3 is 2.78 bits per heavy atom. The number of rotatable bonds is 4. The van der Waals surface area contributed by atoms with Crippen LogP contribution < -0.4 is 0 Å². The number of hydrogen-bond acceptors (Lipinski definition) is 2. The lowest BCUT2D eigenvalue weighted by Gasteiger charge is -2.00. The van der Waals surface area contributed by atoms with Crippen LogP contribution in [0.3, 0.4) is 0 Å². The lowest BCUT2D eigenvalue weighted by molar-refractivity contribution is 0.343. The molecule has 0 spiro atoms. The first-order valence-electron chi connectivity index (χ1n) is 3.22. The van der Waals surface area contributed by atoms with Crippen LogP contribution in [-0.2, 0) is 0 Å². The molecule has 0 amide bonds. The van der Waals surface area contributed by atoms with Gasteiger partial charge in [-0.15, -0.1) is 11.8 Å². The quantitative estimate of drug-likeness (QED) is 0.655. The van der Waals surface area contributed by atoms with E-state index in [1.54, 1.807) is 17.8 Å². The van der Waals surface area contributed by atoms with Gasteiger partial charge in [-0.05, 0) is 11.8 Å². The third kappa shape index (κ3) is 5.93. The molecule has 0 saturated carbocycles. The molecule has 0 fully saturated rings. The van der Waals surface area contributed by atoms with Gasteiger partial charge in [-0.1, -0.05) is 19.9 Å². The summed E-state index contributed by atoms with van der Waals surface area (Å²) in [5.74, 6) is 0. The lowest BCUT2D eigenvalue weighted by Crippen LogP contribution is -1.88. The normalized spacial score (nSPS) is 14.6. The molecule has 1 unspecified atom stereocenters. The second-order valence-electron chi connectivity index (χ2n) is 1.91. The molecule has 0 aliphatic heterocycles. The first-order chi connectivity index (χ1) is 4.31. The van der Waals surface area contributed by atoms with E-state index in [1.165, 1.54) is 6.42 Å². The minimum atomic E-state index is 0.156. The summed E-state index contributed by atoms with van der Waals surface area (Å²) in [5, 5.41) is 11.0. The van der Waals surface area contributed by atoms with Crippen LogP contribution in [0.5, 0.6) is 0 Å². The Kier molecular flexibility index (Phi) is 6.21. The van der Waals surface area contributed by atoms with Crippen molar-refractivity contribution in [2.75, 3.05) is 6.61 Å². The van der Waals surface area contributed by atoms with Crippen molar-refractivity contribution in [2.45, 2.75) is 25.5 Å². The molecular formula is C7H14OS. The standard InChI is InChI=1S/C7H14OS/c1-3-7(2)9-6-4-5-8/h4,6-8H,3,5H2,1-2H3/b6-4-. The van der Waals surface area contributed by atoms with Crippen LogP contribution in [-0.4, -0.2) is 17.0 Å². The van der Waals surface area contributed by atoms with Crippen molar-refractivity contribution in [1.29, 1.82) is 0 Å². The molecule has 0 aromatic carbocycles. The summed E-state index contributed by atoms with van der Waals surface area (Å²) in [6.07, 6.45) is 2.94. The molecule has 0 bridgehead atoms. The van der Waals surface area contributed by atoms with Gasteiger partial charge in [0.1, 0.15) is 0 Å². The lowest BCUT2D eigenvalue weighted by atomic mass is 10.4. The molecule has 2 heteroatoms. The topological polar surface area (TPSA) is 20.2 Å². The van der Waals surface area contributed by atoms with E-state index in [4.69, 9.17) is 5.11 Å². The molecular weight excluding hydrogens is 132 g/mol. The molecule has 0 aliphatic carbocycles. The zero-order valence-electron chi connectivity index (χ0n) is 6.00. The van der Waals surface area contributed by atoms with Crippen molar-refractivity contribution in [1.82, 2.24) is 0 Å². The monoisotopic (exact) mass is 146 g/mol. The van der Waals surface area contributed by atoms with Crippen LogP contribution in [0.25, 0.3) is 0 Å². The largest absolute Gasteiger partial charge is 0.392 e. The van der Waals surface area contributed by atoms with Crippen LogP contribution >= 0.6 is 11.8 Å². The van der Waals surface area contributed by atoms with Gasteiger partial charge in [0.05, 0.1) is 6.61 Å². The zero-order valence-corrected chi connectivity index (χ0v) is 6.82. The maximum absolute atomic E-state index is 8.35. The first kappa shape index (κ1) is 9.05. The Labute approximate surface area is 61.2 Å². The number of hydrogen-bond donors (Lipinski definition) is 1. The van der Waals surface area contributed by atoms with E-state index in [9.17, 15) is 0 Å². The molecule has 0 rings (SSSR count). The summed E-state index contributed by atoms with van der Waals surface area (Å²) in [4.78, 5) is 0. The van der Waals surface area contributed by atoms with E-state index >= 15 is 0 Å². The van der Waals surface area contributed by atoms with E-state index in [1.807, 2.05) is 5.41 Å². The second-order valence-corrected chi connectivity index (χ2v) is 3.26. The van der Waals surface area contributed by atoms with Gasteiger partial charge in [-0.25, -0.2) is 0 Å². The van der Waals surface area contributed by atoms with Crippen molar-refractivity contribution in [3.63, 3.8) is 0 Å². The van der Waals surface area contributed by atoms with E-state index in [-0.39, 0.29) is 6.61 Å². The van der Waals surface area contributed by atoms with Crippen LogP contribution in [0.1, 0.15) is 20.3 Å². The van der Waals surface area contributed by atoms with E-state index in [2.05, 4.69) is 13.8 Å². The number of aliphatic hydroxyl groups excluding tert-OH is 1. The molecule has 54 valence electrons. The SMILES string of the molecule is CCC(C)S/C=C\CO. The van der Waals surface area contributed by atoms with Crippen molar-refractivity contribution in [2.24, 2.45) is 0 Å². The summed E-state index contributed by atoms with van der Waals surface area (Å²) in [5.41, 5.74) is 0. The van der Waals surface area contributed by atoms with E-state index < -0.39 is 0 Å². The van der Waals surface area contributed by atoms with Crippen molar-refractivity contribution >= 4 is 11.8 Å². The summed E-state index contributed by atoms with van der Waals surface area (Å²) >= 11 is 1.76. The van der Waals surface area contributed by atoms with Gasteiger partial charge in [0, 0.05) is 5.25 Å². The second kappa shape index (κ2) is 6.17. The molecule has 0 aromatic heterocycles. The molecule has 0 aromatic rings. The maximum Gasteiger partial charge on any atom is 0.0620 e. The molecule has 0 aliphatic rings. The Morgan fingerprint density at radius 2 is 2.33 bits per heavy atom. The van der Waals surface area contributed by atoms with Gasteiger partial charge in [0.2, 0.25) is 0 Å². The predicted octanol–water partition coefficient (Wildman–Crippen LogP) is 2.02. The minimum Gasteiger partial charge on any atom is -0.392 e. The van der Waals surface area contributed by atoms with Crippen LogP contribution in [0.15, 0.2) is 11.5 Å². The molecule has 1 N–H and O–H groups in total. The fourth-order valence-corrected chi connectivity index (χ4v) is 0.987. The number of aliphatic hydroxyl groups is 1. The fourth-order valence-electron chi connectivity index (χ4n) is 0.329. The van der Waals surface area contributed by atoms with Gasteiger partial charge in [-0.3, -0.25) is 0 Å².